The van der Waals surface area contributed by atoms with Crippen LogP contribution in [0.3, 0.4) is 0 Å². The number of hydrogen-bond donors (Lipinski definition) is 0. The number of ether oxygens (including phenoxy) is 2. The van der Waals surface area contributed by atoms with Crippen LogP contribution in [0.25, 0.3) is 6.08 Å². The molecule has 0 atom stereocenters. The second kappa shape index (κ2) is 12.5. The van der Waals surface area contributed by atoms with Gasteiger partial charge in [0, 0.05) is 25.7 Å². The third kappa shape index (κ3) is 6.88. The van der Waals surface area contributed by atoms with Crippen molar-refractivity contribution in [3.63, 3.8) is 0 Å². The molecule has 1 fully saturated rings. The number of rotatable bonds is 8. The van der Waals surface area contributed by atoms with E-state index in [-0.39, 0.29) is 18.4 Å². The number of hydrogen-bond acceptors (Lipinski definition) is 5. The number of thioether (sulfide) groups is 1. The highest BCUT2D eigenvalue weighted by atomic mass is 127. The fourth-order valence-electron chi connectivity index (χ4n) is 3.47. The zero-order valence-electron chi connectivity index (χ0n) is 19.2. The molecule has 0 bridgehead atoms. The van der Waals surface area contributed by atoms with Crippen LogP contribution in [0.2, 0.25) is 20.1 Å². The Balaban J connectivity index is 1.56. The summed E-state index contributed by atoms with van der Waals surface area (Å²) >= 11 is 27.5. The molecule has 0 N–H and O–H groups in total. The molecular formula is C26H18Cl4INO4S. The van der Waals surface area contributed by atoms with Crippen molar-refractivity contribution in [2.24, 2.45) is 0 Å². The van der Waals surface area contributed by atoms with Gasteiger partial charge < -0.3 is 9.47 Å². The number of benzene rings is 3. The average Bonchev–Trinajstić information content (AvgIpc) is 3.08. The van der Waals surface area contributed by atoms with Gasteiger partial charge in [-0.05, 0) is 94.9 Å². The third-order valence-corrected chi connectivity index (χ3v) is 8.12. The third-order valence-electron chi connectivity index (χ3n) is 5.23. The summed E-state index contributed by atoms with van der Waals surface area (Å²) in [6.07, 6.45) is 1.67. The van der Waals surface area contributed by atoms with Gasteiger partial charge in [0.15, 0.2) is 11.5 Å². The molecular weight excluding hydrogens is 691 g/mol. The summed E-state index contributed by atoms with van der Waals surface area (Å²) in [4.78, 5) is 27.1. The van der Waals surface area contributed by atoms with E-state index >= 15 is 0 Å². The topological polar surface area (TPSA) is 55.8 Å². The Labute approximate surface area is 252 Å². The Hall–Kier alpha value is -1.62. The molecule has 4 rings (SSSR count). The fraction of sp³-hybridized carbons (Fsp3) is 0.154. The largest absolute Gasteiger partial charge is 0.490 e. The van der Waals surface area contributed by atoms with Crippen molar-refractivity contribution in [1.82, 2.24) is 4.90 Å². The molecule has 5 nitrogen and oxygen atoms in total. The van der Waals surface area contributed by atoms with Crippen LogP contribution in [0.1, 0.15) is 23.6 Å². The molecule has 192 valence electrons. The molecule has 3 aromatic carbocycles. The normalized spacial score (nSPS) is 14.5. The number of carbonyl (C=O) groups is 2. The molecule has 11 heteroatoms. The van der Waals surface area contributed by atoms with Crippen LogP contribution in [0.5, 0.6) is 11.5 Å². The first-order valence-electron chi connectivity index (χ1n) is 10.9. The Bertz CT molecular complexity index is 1420. The van der Waals surface area contributed by atoms with Crippen molar-refractivity contribution in [2.45, 2.75) is 20.1 Å². The Morgan fingerprint density at radius 2 is 1.57 bits per heavy atom. The van der Waals surface area contributed by atoms with E-state index < -0.39 is 5.91 Å². The van der Waals surface area contributed by atoms with Crippen LogP contribution in [0.4, 0.5) is 4.79 Å². The maximum absolute atomic E-state index is 13.0. The van der Waals surface area contributed by atoms with Crippen molar-refractivity contribution >= 4 is 98.0 Å². The Morgan fingerprint density at radius 3 is 2.19 bits per heavy atom. The zero-order valence-corrected chi connectivity index (χ0v) is 25.2. The summed E-state index contributed by atoms with van der Waals surface area (Å²) in [6.45, 7) is 2.56. The number of amides is 2. The lowest BCUT2D eigenvalue weighted by Crippen LogP contribution is -2.27. The Kier molecular flexibility index (Phi) is 9.58. The Morgan fingerprint density at radius 1 is 0.919 bits per heavy atom. The number of halogens is 5. The highest BCUT2D eigenvalue weighted by Gasteiger charge is 2.35. The fourth-order valence-corrected chi connectivity index (χ4v) is 6.02. The molecule has 2 amide bonds. The molecule has 0 radical (unpaired) electrons. The second-order valence-electron chi connectivity index (χ2n) is 7.79. The van der Waals surface area contributed by atoms with Gasteiger partial charge in [0.05, 0.1) is 21.6 Å². The van der Waals surface area contributed by atoms with E-state index in [1.54, 1.807) is 48.5 Å². The summed E-state index contributed by atoms with van der Waals surface area (Å²) in [6, 6.07) is 13.8. The number of carbonyl (C=O) groups excluding carboxylic acids is 2. The summed E-state index contributed by atoms with van der Waals surface area (Å²) in [5.74, 6) is 0.667. The minimum absolute atomic E-state index is 0.0553. The van der Waals surface area contributed by atoms with Crippen molar-refractivity contribution in [2.75, 3.05) is 6.61 Å². The van der Waals surface area contributed by atoms with Crippen LogP contribution >= 0.6 is 80.8 Å². The van der Waals surface area contributed by atoms with E-state index in [0.717, 1.165) is 25.8 Å². The van der Waals surface area contributed by atoms with E-state index in [4.69, 9.17) is 55.9 Å². The monoisotopic (exact) mass is 707 g/mol. The molecule has 0 unspecified atom stereocenters. The van der Waals surface area contributed by atoms with Crippen molar-refractivity contribution in [3.8, 4) is 11.5 Å². The maximum atomic E-state index is 13.0. The van der Waals surface area contributed by atoms with Gasteiger partial charge in [-0.25, -0.2) is 0 Å². The smallest absolute Gasteiger partial charge is 0.293 e. The average molecular weight is 709 g/mol. The van der Waals surface area contributed by atoms with E-state index in [0.29, 0.717) is 54.2 Å². The minimum Gasteiger partial charge on any atom is -0.490 e. The van der Waals surface area contributed by atoms with E-state index in [1.807, 2.05) is 13.0 Å². The minimum atomic E-state index is -0.397. The number of nitrogens with zero attached hydrogens (tertiary/aromatic N) is 1. The molecule has 0 aromatic heterocycles. The molecule has 0 spiro atoms. The first-order valence-corrected chi connectivity index (χ1v) is 14.3. The van der Waals surface area contributed by atoms with Crippen molar-refractivity contribution in [1.29, 1.82) is 0 Å². The summed E-state index contributed by atoms with van der Waals surface area (Å²) in [5, 5.41) is 1.55. The quantitative estimate of drug-likeness (QED) is 0.173. The van der Waals surface area contributed by atoms with Crippen molar-refractivity contribution in [3.05, 3.63) is 93.8 Å². The molecule has 3 aromatic rings. The second-order valence-corrected chi connectivity index (χ2v) is 11.6. The first kappa shape index (κ1) is 28.4. The SMILES string of the molecule is CCOc1cc(/C=C2/SC(=O)N(Cc3ccc(Cl)cc3Cl)C2=O)cc(I)c1OCc1ccc(Cl)cc1Cl. The summed E-state index contributed by atoms with van der Waals surface area (Å²) < 4.78 is 12.7. The standard InChI is InChI=1S/C26H18Cl4INO4S/c1-2-35-22-8-14(7-21(31)24(22)36-13-16-4-6-18(28)11-20(16)30)9-23-25(33)32(26(34)37-23)12-15-3-5-17(27)10-19(15)29/h3-11H,2,12-13H2,1H3/b23-9+. The predicted molar refractivity (Wildman–Crippen MR) is 159 cm³/mol. The van der Waals surface area contributed by atoms with Gasteiger partial charge in [-0.3, -0.25) is 14.5 Å². The van der Waals surface area contributed by atoms with Crippen LogP contribution in [-0.4, -0.2) is 22.7 Å². The highest BCUT2D eigenvalue weighted by molar-refractivity contribution is 14.1. The highest BCUT2D eigenvalue weighted by Crippen LogP contribution is 2.39. The van der Waals surface area contributed by atoms with Gasteiger partial charge in [-0.1, -0.05) is 58.5 Å². The van der Waals surface area contributed by atoms with E-state index in [2.05, 4.69) is 22.6 Å². The predicted octanol–water partition coefficient (Wildman–Crippen LogP) is 9.12. The van der Waals surface area contributed by atoms with Crippen LogP contribution < -0.4 is 9.47 Å². The van der Waals surface area contributed by atoms with Gasteiger partial charge in [-0.15, -0.1) is 0 Å². The van der Waals surface area contributed by atoms with Crippen LogP contribution in [-0.2, 0) is 17.9 Å². The summed E-state index contributed by atoms with van der Waals surface area (Å²) in [7, 11) is 0. The lowest BCUT2D eigenvalue weighted by molar-refractivity contribution is -0.123. The van der Waals surface area contributed by atoms with Crippen LogP contribution in [0.15, 0.2) is 53.4 Å². The molecule has 0 aliphatic carbocycles. The number of imide groups is 1. The molecule has 1 aliphatic heterocycles. The van der Waals surface area contributed by atoms with E-state index in [9.17, 15) is 9.59 Å². The molecule has 1 saturated heterocycles. The lowest BCUT2D eigenvalue weighted by Gasteiger charge is -2.15. The van der Waals surface area contributed by atoms with Gasteiger partial charge in [0.25, 0.3) is 11.1 Å². The zero-order chi connectivity index (χ0) is 26.7. The van der Waals surface area contributed by atoms with E-state index in [1.165, 1.54) is 0 Å². The van der Waals surface area contributed by atoms with Gasteiger partial charge in [-0.2, -0.15) is 0 Å². The van der Waals surface area contributed by atoms with Crippen LogP contribution in [0, 0.1) is 3.57 Å². The van der Waals surface area contributed by atoms with Gasteiger partial charge in [0.1, 0.15) is 6.61 Å². The maximum Gasteiger partial charge on any atom is 0.293 e. The van der Waals surface area contributed by atoms with Gasteiger partial charge in [0.2, 0.25) is 0 Å². The summed E-state index contributed by atoms with van der Waals surface area (Å²) in [5.41, 5.74) is 2.10. The van der Waals surface area contributed by atoms with Gasteiger partial charge >= 0.3 is 0 Å². The van der Waals surface area contributed by atoms with Crippen molar-refractivity contribution < 1.29 is 19.1 Å². The molecule has 1 aliphatic rings. The molecule has 37 heavy (non-hydrogen) atoms. The molecule has 1 heterocycles. The first-order chi connectivity index (χ1) is 17.7. The lowest BCUT2D eigenvalue weighted by atomic mass is 10.1. The molecule has 0 saturated carbocycles.